The lowest BCUT2D eigenvalue weighted by Crippen LogP contribution is -2.35. The molecule has 3 nitrogen and oxygen atoms in total. The molecule has 21 heavy (non-hydrogen) atoms. The third kappa shape index (κ3) is 3.35. The van der Waals surface area contributed by atoms with Crippen molar-refractivity contribution in [1.29, 1.82) is 0 Å². The molecule has 1 fully saturated rings. The molecule has 1 saturated carbocycles. The molecule has 0 bridgehead atoms. The normalized spacial score (nSPS) is 15.4. The fourth-order valence-electron chi connectivity index (χ4n) is 2.57. The Morgan fingerprint density at radius 1 is 1.24 bits per heavy atom. The lowest BCUT2D eigenvalue weighted by Gasteiger charge is -2.23. The van der Waals surface area contributed by atoms with Gasteiger partial charge in [-0.1, -0.05) is 18.2 Å². The first kappa shape index (κ1) is 14.3. The largest absolute Gasteiger partial charge is 0.357 e. The summed E-state index contributed by atoms with van der Waals surface area (Å²) in [7, 11) is 2.16. The Labute approximate surface area is 127 Å². The van der Waals surface area contributed by atoms with Crippen molar-refractivity contribution in [3.05, 3.63) is 35.9 Å². The second-order valence-electron chi connectivity index (χ2n) is 7.10. The maximum Gasteiger partial charge on any atom is 0.129 e. The van der Waals surface area contributed by atoms with Crippen LogP contribution in [0.1, 0.15) is 39.2 Å². The zero-order chi connectivity index (χ0) is 15.0. The summed E-state index contributed by atoms with van der Waals surface area (Å²) >= 11 is 0. The molecule has 0 aliphatic heterocycles. The van der Waals surface area contributed by atoms with Crippen molar-refractivity contribution >= 4 is 16.7 Å². The quantitative estimate of drug-likeness (QED) is 0.927. The highest BCUT2D eigenvalue weighted by molar-refractivity contribution is 5.84. The van der Waals surface area contributed by atoms with Crippen molar-refractivity contribution in [3.8, 4) is 0 Å². The summed E-state index contributed by atoms with van der Waals surface area (Å²) < 4.78 is 0. The number of para-hydroxylation sites is 1. The Morgan fingerprint density at radius 3 is 2.62 bits per heavy atom. The SMILES string of the molecule is CN(c1cc(CNC(C)(C)C)c2ccccc2n1)C1CC1. The minimum atomic E-state index is 0.118. The van der Waals surface area contributed by atoms with E-state index in [0.29, 0.717) is 6.04 Å². The van der Waals surface area contributed by atoms with E-state index in [2.05, 4.69) is 68.4 Å². The second-order valence-corrected chi connectivity index (χ2v) is 7.10. The zero-order valence-electron chi connectivity index (χ0n) is 13.5. The number of hydrogen-bond donors (Lipinski definition) is 1. The molecule has 3 heteroatoms. The van der Waals surface area contributed by atoms with E-state index in [1.807, 2.05) is 0 Å². The first-order valence-electron chi connectivity index (χ1n) is 7.80. The van der Waals surface area contributed by atoms with Crippen molar-refractivity contribution < 1.29 is 0 Å². The number of pyridine rings is 1. The van der Waals surface area contributed by atoms with Crippen LogP contribution in [0.5, 0.6) is 0 Å². The highest BCUT2D eigenvalue weighted by Gasteiger charge is 2.27. The van der Waals surface area contributed by atoms with E-state index in [9.17, 15) is 0 Å². The van der Waals surface area contributed by atoms with Crippen LogP contribution < -0.4 is 10.2 Å². The summed E-state index contributed by atoms with van der Waals surface area (Å²) in [6, 6.07) is 11.4. The lowest BCUT2D eigenvalue weighted by atomic mass is 10.1. The molecule has 1 aromatic carbocycles. The van der Waals surface area contributed by atoms with Gasteiger partial charge in [-0.15, -0.1) is 0 Å². The van der Waals surface area contributed by atoms with Gasteiger partial charge in [-0.2, -0.15) is 0 Å². The zero-order valence-corrected chi connectivity index (χ0v) is 13.5. The van der Waals surface area contributed by atoms with Gasteiger partial charge in [0, 0.05) is 30.6 Å². The molecule has 0 atom stereocenters. The molecular formula is C18H25N3. The molecule has 1 aromatic heterocycles. The number of hydrogen-bond acceptors (Lipinski definition) is 3. The van der Waals surface area contributed by atoms with Crippen molar-refractivity contribution in [2.24, 2.45) is 0 Å². The van der Waals surface area contributed by atoms with Crippen LogP contribution in [0, 0.1) is 0 Å². The molecule has 112 valence electrons. The van der Waals surface area contributed by atoms with Crippen LogP contribution in [0.2, 0.25) is 0 Å². The molecule has 0 spiro atoms. The first-order chi connectivity index (χ1) is 9.94. The number of benzene rings is 1. The Kier molecular flexibility index (Phi) is 3.62. The molecule has 3 rings (SSSR count). The number of anilines is 1. The average molecular weight is 283 g/mol. The highest BCUT2D eigenvalue weighted by Crippen LogP contribution is 2.31. The van der Waals surface area contributed by atoms with Gasteiger partial charge in [0.1, 0.15) is 5.82 Å². The summed E-state index contributed by atoms with van der Waals surface area (Å²) in [5, 5.41) is 4.85. The maximum absolute atomic E-state index is 4.84. The standard InChI is InChI=1S/C18H25N3/c1-18(2,3)19-12-13-11-17(21(4)14-9-10-14)20-16-8-6-5-7-15(13)16/h5-8,11,14,19H,9-10,12H2,1-4H3. The van der Waals surface area contributed by atoms with Crippen molar-refractivity contribution in [2.45, 2.75) is 51.7 Å². The molecule has 1 heterocycles. The van der Waals surface area contributed by atoms with E-state index in [1.54, 1.807) is 0 Å². The van der Waals surface area contributed by atoms with E-state index in [-0.39, 0.29) is 5.54 Å². The van der Waals surface area contributed by atoms with Gasteiger partial charge < -0.3 is 10.2 Å². The maximum atomic E-state index is 4.84. The Hall–Kier alpha value is -1.61. The van der Waals surface area contributed by atoms with Crippen molar-refractivity contribution in [3.63, 3.8) is 0 Å². The minimum Gasteiger partial charge on any atom is -0.357 e. The molecule has 1 aliphatic carbocycles. The van der Waals surface area contributed by atoms with Crippen LogP contribution >= 0.6 is 0 Å². The smallest absolute Gasteiger partial charge is 0.129 e. The fraction of sp³-hybridized carbons (Fsp3) is 0.500. The van der Waals surface area contributed by atoms with Gasteiger partial charge in [0.25, 0.3) is 0 Å². The predicted octanol–water partition coefficient (Wildman–Crippen LogP) is 3.72. The van der Waals surface area contributed by atoms with Gasteiger partial charge in [0.15, 0.2) is 0 Å². The number of aromatic nitrogens is 1. The van der Waals surface area contributed by atoms with E-state index < -0.39 is 0 Å². The molecule has 2 aromatic rings. The second kappa shape index (κ2) is 5.30. The van der Waals surface area contributed by atoms with E-state index in [4.69, 9.17) is 4.98 Å². The lowest BCUT2D eigenvalue weighted by molar-refractivity contribution is 0.425. The van der Waals surface area contributed by atoms with Gasteiger partial charge >= 0.3 is 0 Å². The average Bonchev–Trinajstić information content (AvgIpc) is 3.27. The molecule has 0 unspecified atom stereocenters. The number of nitrogens with zero attached hydrogens (tertiary/aromatic N) is 2. The fourth-order valence-corrected chi connectivity index (χ4v) is 2.57. The van der Waals surface area contributed by atoms with Crippen LogP contribution in [-0.4, -0.2) is 23.6 Å². The van der Waals surface area contributed by atoms with Crippen LogP contribution in [-0.2, 0) is 6.54 Å². The van der Waals surface area contributed by atoms with Gasteiger partial charge in [-0.3, -0.25) is 0 Å². The molecular weight excluding hydrogens is 258 g/mol. The van der Waals surface area contributed by atoms with Crippen LogP contribution in [0.4, 0.5) is 5.82 Å². The van der Waals surface area contributed by atoms with Crippen LogP contribution in [0.15, 0.2) is 30.3 Å². The van der Waals surface area contributed by atoms with Crippen LogP contribution in [0.3, 0.4) is 0 Å². The topological polar surface area (TPSA) is 28.2 Å². The molecule has 0 amide bonds. The minimum absolute atomic E-state index is 0.118. The van der Waals surface area contributed by atoms with Gasteiger partial charge in [-0.25, -0.2) is 4.98 Å². The predicted molar refractivity (Wildman–Crippen MR) is 89.8 cm³/mol. The Bertz CT molecular complexity index is 638. The van der Waals surface area contributed by atoms with Crippen LogP contribution in [0.25, 0.3) is 10.9 Å². The van der Waals surface area contributed by atoms with Crippen molar-refractivity contribution in [1.82, 2.24) is 10.3 Å². The Morgan fingerprint density at radius 2 is 1.95 bits per heavy atom. The summed E-state index contributed by atoms with van der Waals surface area (Å²) in [6.07, 6.45) is 2.58. The van der Waals surface area contributed by atoms with Gasteiger partial charge in [0.2, 0.25) is 0 Å². The third-order valence-corrected chi connectivity index (χ3v) is 4.05. The van der Waals surface area contributed by atoms with Crippen molar-refractivity contribution in [2.75, 3.05) is 11.9 Å². The summed E-state index contributed by atoms with van der Waals surface area (Å²) in [5.74, 6) is 1.10. The summed E-state index contributed by atoms with van der Waals surface area (Å²) in [4.78, 5) is 7.17. The molecule has 0 saturated heterocycles. The Balaban J connectivity index is 1.98. The van der Waals surface area contributed by atoms with E-state index >= 15 is 0 Å². The third-order valence-electron chi connectivity index (χ3n) is 4.05. The van der Waals surface area contributed by atoms with E-state index in [0.717, 1.165) is 17.9 Å². The van der Waals surface area contributed by atoms with Gasteiger partial charge in [-0.05, 0) is 51.3 Å². The van der Waals surface area contributed by atoms with E-state index in [1.165, 1.54) is 23.8 Å². The summed E-state index contributed by atoms with van der Waals surface area (Å²) in [5.41, 5.74) is 2.54. The molecule has 0 radical (unpaired) electrons. The number of nitrogens with one attached hydrogen (secondary N) is 1. The molecule has 1 aliphatic rings. The summed E-state index contributed by atoms with van der Waals surface area (Å²) in [6.45, 7) is 7.48. The number of rotatable bonds is 4. The monoisotopic (exact) mass is 283 g/mol. The van der Waals surface area contributed by atoms with Gasteiger partial charge in [0.05, 0.1) is 5.52 Å². The highest BCUT2D eigenvalue weighted by atomic mass is 15.2. The first-order valence-corrected chi connectivity index (χ1v) is 7.80. The molecule has 1 N–H and O–H groups in total. The number of fused-ring (bicyclic) bond motifs is 1.